The summed E-state index contributed by atoms with van der Waals surface area (Å²) >= 11 is 1.85. The molecule has 0 amide bonds. The molecule has 1 N–H and O–H groups in total. The van der Waals surface area contributed by atoms with Crippen LogP contribution in [-0.2, 0) is 4.74 Å². The molecule has 0 aliphatic heterocycles. The van der Waals surface area contributed by atoms with E-state index in [0.29, 0.717) is 6.04 Å². The van der Waals surface area contributed by atoms with Crippen molar-refractivity contribution in [2.75, 3.05) is 19.8 Å². The molecule has 1 rings (SSSR count). The molecule has 1 unspecified atom stereocenters. The maximum atomic E-state index is 5.45. The van der Waals surface area contributed by atoms with Gasteiger partial charge in [-0.15, -0.1) is 11.3 Å². The maximum absolute atomic E-state index is 5.45. The molecule has 0 saturated heterocycles. The zero-order chi connectivity index (χ0) is 11.8. The average molecular weight is 241 g/mol. The van der Waals surface area contributed by atoms with Gasteiger partial charge < -0.3 is 10.1 Å². The van der Waals surface area contributed by atoms with Crippen molar-refractivity contribution < 1.29 is 4.74 Å². The minimum absolute atomic E-state index is 0.464. The number of ether oxygens (including phenoxy) is 1. The van der Waals surface area contributed by atoms with Crippen molar-refractivity contribution in [3.8, 4) is 0 Å². The van der Waals surface area contributed by atoms with Crippen molar-refractivity contribution in [2.24, 2.45) is 0 Å². The summed E-state index contributed by atoms with van der Waals surface area (Å²) in [6.07, 6.45) is 2.24. The van der Waals surface area contributed by atoms with Gasteiger partial charge in [-0.05, 0) is 50.2 Å². The molecule has 92 valence electrons. The monoisotopic (exact) mass is 241 g/mol. The van der Waals surface area contributed by atoms with Crippen molar-refractivity contribution in [1.82, 2.24) is 5.32 Å². The standard InChI is InChI=1S/C13H23NOS/c1-4-8-14-12(6-9-15-5-2)13-11(3)7-10-16-13/h7,10,12,14H,4-6,8-9H2,1-3H3. The van der Waals surface area contributed by atoms with E-state index in [1.54, 1.807) is 0 Å². The minimum atomic E-state index is 0.464. The average Bonchev–Trinajstić information content (AvgIpc) is 2.70. The van der Waals surface area contributed by atoms with Crippen LogP contribution >= 0.6 is 11.3 Å². The number of hydrogen-bond donors (Lipinski definition) is 1. The van der Waals surface area contributed by atoms with Crippen LogP contribution in [0.1, 0.15) is 43.2 Å². The van der Waals surface area contributed by atoms with Crippen LogP contribution in [0.3, 0.4) is 0 Å². The molecule has 0 aliphatic carbocycles. The van der Waals surface area contributed by atoms with E-state index >= 15 is 0 Å². The van der Waals surface area contributed by atoms with Gasteiger partial charge in [0.25, 0.3) is 0 Å². The zero-order valence-corrected chi connectivity index (χ0v) is 11.4. The van der Waals surface area contributed by atoms with Gasteiger partial charge in [0.2, 0.25) is 0 Å². The van der Waals surface area contributed by atoms with Gasteiger partial charge in [0.15, 0.2) is 0 Å². The Morgan fingerprint density at radius 3 is 2.81 bits per heavy atom. The first kappa shape index (κ1) is 13.7. The topological polar surface area (TPSA) is 21.3 Å². The lowest BCUT2D eigenvalue weighted by atomic mass is 10.1. The van der Waals surface area contributed by atoms with E-state index < -0.39 is 0 Å². The van der Waals surface area contributed by atoms with E-state index in [1.165, 1.54) is 16.9 Å². The fraction of sp³-hybridized carbons (Fsp3) is 0.692. The van der Waals surface area contributed by atoms with Gasteiger partial charge in [-0.2, -0.15) is 0 Å². The number of aryl methyl sites for hydroxylation is 1. The van der Waals surface area contributed by atoms with Gasteiger partial charge in [-0.3, -0.25) is 0 Å². The summed E-state index contributed by atoms with van der Waals surface area (Å²) in [7, 11) is 0. The molecule has 0 radical (unpaired) electrons. The number of thiophene rings is 1. The van der Waals surface area contributed by atoms with Crippen LogP contribution in [0.25, 0.3) is 0 Å². The quantitative estimate of drug-likeness (QED) is 0.703. The summed E-state index contributed by atoms with van der Waals surface area (Å²) in [6, 6.07) is 2.66. The molecule has 1 heterocycles. The molecule has 1 aromatic rings. The molecule has 1 atom stereocenters. The Bertz CT molecular complexity index is 285. The molecule has 16 heavy (non-hydrogen) atoms. The minimum Gasteiger partial charge on any atom is -0.382 e. The molecule has 0 saturated carbocycles. The second kappa shape index (κ2) is 7.82. The third-order valence-electron chi connectivity index (χ3n) is 2.61. The van der Waals surface area contributed by atoms with E-state index in [9.17, 15) is 0 Å². The van der Waals surface area contributed by atoms with Crippen LogP contribution < -0.4 is 5.32 Å². The van der Waals surface area contributed by atoms with Gasteiger partial charge in [-0.25, -0.2) is 0 Å². The van der Waals surface area contributed by atoms with E-state index in [-0.39, 0.29) is 0 Å². The molecule has 1 aromatic heterocycles. The smallest absolute Gasteiger partial charge is 0.0484 e. The van der Waals surface area contributed by atoms with E-state index in [2.05, 4.69) is 30.6 Å². The second-order valence-electron chi connectivity index (χ2n) is 3.96. The lowest BCUT2D eigenvalue weighted by molar-refractivity contribution is 0.136. The number of nitrogens with one attached hydrogen (secondary N) is 1. The van der Waals surface area contributed by atoms with Crippen LogP contribution in [0, 0.1) is 6.92 Å². The second-order valence-corrected chi connectivity index (χ2v) is 4.91. The molecule has 3 heteroatoms. The molecule has 2 nitrogen and oxygen atoms in total. The summed E-state index contributed by atoms with van der Waals surface area (Å²) in [5, 5.41) is 5.77. The van der Waals surface area contributed by atoms with Crippen molar-refractivity contribution in [2.45, 2.75) is 39.7 Å². The molecule has 0 bridgehead atoms. The Morgan fingerprint density at radius 2 is 2.25 bits per heavy atom. The van der Waals surface area contributed by atoms with E-state index in [1.807, 2.05) is 18.3 Å². The Morgan fingerprint density at radius 1 is 1.44 bits per heavy atom. The van der Waals surface area contributed by atoms with Crippen molar-refractivity contribution in [3.63, 3.8) is 0 Å². The molecule has 0 aliphatic rings. The lowest BCUT2D eigenvalue weighted by Gasteiger charge is -2.18. The lowest BCUT2D eigenvalue weighted by Crippen LogP contribution is -2.23. The highest BCUT2D eigenvalue weighted by atomic mass is 32.1. The first-order valence-electron chi connectivity index (χ1n) is 6.14. The van der Waals surface area contributed by atoms with E-state index in [0.717, 1.165) is 26.2 Å². The van der Waals surface area contributed by atoms with Crippen LogP contribution in [0.5, 0.6) is 0 Å². The van der Waals surface area contributed by atoms with Gasteiger partial charge in [0.1, 0.15) is 0 Å². The number of hydrogen-bond acceptors (Lipinski definition) is 3. The molecule has 0 aromatic carbocycles. The Hall–Kier alpha value is -0.380. The molecular weight excluding hydrogens is 218 g/mol. The Balaban J connectivity index is 2.53. The van der Waals surface area contributed by atoms with Crippen molar-refractivity contribution >= 4 is 11.3 Å². The summed E-state index contributed by atoms with van der Waals surface area (Å²) in [6.45, 7) is 9.17. The fourth-order valence-corrected chi connectivity index (χ4v) is 2.77. The Labute approximate surface area is 103 Å². The van der Waals surface area contributed by atoms with Gasteiger partial charge >= 0.3 is 0 Å². The van der Waals surface area contributed by atoms with Crippen LogP contribution in [0.4, 0.5) is 0 Å². The zero-order valence-electron chi connectivity index (χ0n) is 10.6. The van der Waals surface area contributed by atoms with E-state index in [4.69, 9.17) is 4.74 Å². The highest BCUT2D eigenvalue weighted by Gasteiger charge is 2.13. The Kier molecular flexibility index (Phi) is 6.69. The van der Waals surface area contributed by atoms with Crippen LogP contribution in [0.15, 0.2) is 11.4 Å². The largest absolute Gasteiger partial charge is 0.382 e. The highest BCUT2D eigenvalue weighted by molar-refractivity contribution is 7.10. The third-order valence-corrected chi connectivity index (χ3v) is 3.75. The third kappa shape index (κ3) is 4.24. The summed E-state index contributed by atoms with van der Waals surface area (Å²) in [5.74, 6) is 0. The summed E-state index contributed by atoms with van der Waals surface area (Å²) in [5.41, 5.74) is 1.40. The molecular formula is C13H23NOS. The summed E-state index contributed by atoms with van der Waals surface area (Å²) < 4.78 is 5.45. The maximum Gasteiger partial charge on any atom is 0.0484 e. The first-order chi connectivity index (χ1) is 7.79. The van der Waals surface area contributed by atoms with Gasteiger partial charge in [-0.1, -0.05) is 6.92 Å². The fourth-order valence-electron chi connectivity index (χ4n) is 1.73. The highest BCUT2D eigenvalue weighted by Crippen LogP contribution is 2.26. The molecule has 0 spiro atoms. The first-order valence-corrected chi connectivity index (χ1v) is 7.02. The SMILES string of the molecule is CCCNC(CCOCC)c1sccc1C. The molecule has 0 fully saturated rings. The number of rotatable bonds is 8. The van der Waals surface area contributed by atoms with Crippen LogP contribution in [0.2, 0.25) is 0 Å². The summed E-state index contributed by atoms with van der Waals surface area (Å²) in [4.78, 5) is 1.47. The van der Waals surface area contributed by atoms with Gasteiger partial charge in [0.05, 0.1) is 0 Å². The van der Waals surface area contributed by atoms with Crippen LogP contribution in [-0.4, -0.2) is 19.8 Å². The predicted octanol–water partition coefficient (Wildman–Crippen LogP) is 3.52. The predicted molar refractivity (Wildman–Crippen MR) is 71.2 cm³/mol. The van der Waals surface area contributed by atoms with Crippen molar-refractivity contribution in [3.05, 3.63) is 21.9 Å². The normalized spacial score (nSPS) is 12.9. The van der Waals surface area contributed by atoms with Gasteiger partial charge in [0, 0.05) is 24.1 Å². The van der Waals surface area contributed by atoms with Crippen molar-refractivity contribution in [1.29, 1.82) is 0 Å².